The zero-order valence-corrected chi connectivity index (χ0v) is 9.61. The molecule has 2 rings (SSSR count). The Kier molecular flexibility index (Phi) is 3.55. The molecule has 1 aliphatic heterocycles. The number of anilines is 2. The van der Waals surface area contributed by atoms with Gasteiger partial charge in [0.1, 0.15) is 5.82 Å². The van der Waals surface area contributed by atoms with E-state index in [1.807, 2.05) is 0 Å². The zero-order chi connectivity index (χ0) is 13.2. The van der Waals surface area contributed by atoms with Gasteiger partial charge in [-0.1, -0.05) is 0 Å². The fourth-order valence-corrected chi connectivity index (χ4v) is 2.01. The van der Waals surface area contributed by atoms with E-state index in [9.17, 15) is 13.2 Å². The summed E-state index contributed by atoms with van der Waals surface area (Å²) in [6, 6.07) is 0. The third-order valence-corrected chi connectivity index (χ3v) is 3.05. The van der Waals surface area contributed by atoms with Crippen LogP contribution in [0.15, 0.2) is 12.4 Å². The number of rotatable bonds is 2. The molecule has 18 heavy (non-hydrogen) atoms. The van der Waals surface area contributed by atoms with Gasteiger partial charge in [-0.05, 0) is 12.8 Å². The average Bonchev–Trinajstić information content (AvgIpc) is 2.38. The van der Waals surface area contributed by atoms with Crippen LogP contribution in [0.3, 0.4) is 0 Å². The van der Waals surface area contributed by atoms with Crippen LogP contribution in [-0.4, -0.2) is 29.2 Å². The van der Waals surface area contributed by atoms with Crippen LogP contribution in [0.2, 0.25) is 0 Å². The maximum atomic E-state index is 12.5. The highest BCUT2D eigenvalue weighted by Gasteiger charge is 2.41. The minimum absolute atomic E-state index is 0.0888. The molecule has 100 valence electrons. The molecule has 5 nitrogen and oxygen atoms in total. The van der Waals surface area contributed by atoms with E-state index in [0.717, 1.165) is 0 Å². The van der Waals surface area contributed by atoms with E-state index >= 15 is 0 Å². The molecule has 0 saturated carbocycles. The van der Waals surface area contributed by atoms with Crippen LogP contribution in [0.25, 0.3) is 0 Å². The predicted octanol–water partition coefficient (Wildman–Crippen LogP) is 1.54. The standard InChI is InChI=1S/C10H14F3N5/c11-10(12,13)7-1-3-18(4-2-7)9-6-15-5-8(16-9)17-14/h5-7H,1-4,14H2,(H,16,17). The SMILES string of the molecule is NNc1cncc(N2CCC(C(F)(F)F)CC2)n1. The summed E-state index contributed by atoms with van der Waals surface area (Å²) < 4.78 is 37.5. The van der Waals surface area contributed by atoms with Crippen molar-refractivity contribution in [2.45, 2.75) is 19.0 Å². The summed E-state index contributed by atoms with van der Waals surface area (Å²) in [7, 11) is 0. The summed E-state index contributed by atoms with van der Waals surface area (Å²) in [5.74, 6) is 4.94. The first-order valence-electron chi connectivity index (χ1n) is 5.61. The number of nitrogen functional groups attached to an aromatic ring is 1. The van der Waals surface area contributed by atoms with Crippen LogP contribution < -0.4 is 16.2 Å². The molecule has 0 spiro atoms. The molecule has 0 aromatic carbocycles. The summed E-state index contributed by atoms with van der Waals surface area (Å²) in [6.07, 6.45) is -0.948. The van der Waals surface area contributed by atoms with Gasteiger partial charge in [0.15, 0.2) is 5.82 Å². The highest BCUT2D eigenvalue weighted by atomic mass is 19.4. The third kappa shape index (κ3) is 2.81. The summed E-state index contributed by atoms with van der Waals surface area (Å²) in [6.45, 7) is 0.653. The van der Waals surface area contributed by atoms with Gasteiger partial charge in [0.05, 0.1) is 18.3 Å². The molecule has 1 saturated heterocycles. The van der Waals surface area contributed by atoms with E-state index < -0.39 is 12.1 Å². The highest BCUT2D eigenvalue weighted by Crippen LogP contribution is 2.34. The van der Waals surface area contributed by atoms with Gasteiger partial charge in [-0.3, -0.25) is 4.98 Å². The predicted molar refractivity (Wildman–Crippen MR) is 60.8 cm³/mol. The molecule has 1 aliphatic rings. The molecular weight excluding hydrogens is 247 g/mol. The molecule has 0 aliphatic carbocycles. The quantitative estimate of drug-likeness (QED) is 0.624. The van der Waals surface area contributed by atoms with Gasteiger partial charge in [-0.2, -0.15) is 13.2 Å². The monoisotopic (exact) mass is 261 g/mol. The number of nitrogens with two attached hydrogens (primary N) is 1. The molecule has 0 bridgehead atoms. The topological polar surface area (TPSA) is 67.1 Å². The van der Waals surface area contributed by atoms with E-state index in [1.54, 1.807) is 4.90 Å². The number of nitrogens with one attached hydrogen (secondary N) is 1. The zero-order valence-electron chi connectivity index (χ0n) is 9.61. The van der Waals surface area contributed by atoms with Crippen molar-refractivity contribution in [2.24, 2.45) is 11.8 Å². The van der Waals surface area contributed by atoms with Crippen LogP contribution in [0.5, 0.6) is 0 Å². The van der Waals surface area contributed by atoms with Gasteiger partial charge >= 0.3 is 6.18 Å². The minimum atomic E-state index is -4.10. The van der Waals surface area contributed by atoms with Crippen molar-refractivity contribution in [1.82, 2.24) is 9.97 Å². The number of hydrogen-bond acceptors (Lipinski definition) is 5. The largest absolute Gasteiger partial charge is 0.391 e. The van der Waals surface area contributed by atoms with E-state index in [4.69, 9.17) is 5.84 Å². The lowest BCUT2D eigenvalue weighted by Crippen LogP contribution is -2.39. The van der Waals surface area contributed by atoms with E-state index in [2.05, 4.69) is 15.4 Å². The van der Waals surface area contributed by atoms with Gasteiger partial charge < -0.3 is 10.3 Å². The van der Waals surface area contributed by atoms with Crippen LogP contribution in [0.1, 0.15) is 12.8 Å². The molecule has 1 aromatic rings. The first kappa shape index (κ1) is 12.9. The maximum Gasteiger partial charge on any atom is 0.391 e. The number of hydrazine groups is 1. The van der Waals surface area contributed by atoms with Crippen molar-refractivity contribution in [1.29, 1.82) is 0 Å². The number of alkyl halides is 3. The van der Waals surface area contributed by atoms with Crippen LogP contribution >= 0.6 is 0 Å². The van der Waals surface area contributed by atoms with Crippen molar-refractivity contribution in [2.75, 3.05) is 23.4 Å². The number of aromatic nitrogens is 2. The Bertz CT molecular complexity index is 401. The summed E-state index contributed by atoms with van der Waals surface area (Å²) in [5, 5.41) is 0. The van der Waals surface area contributed by atoms with Crippen LogP contribution in [0, 0.1) is 5.92 Å². The second kappa shape index (κ2) is 4.97. The minimum Gasteiger partial charge on any atom is -0.355 e. The Morgan fingerprint density at radius 2 is 1.94 bits per heavy atom. The van der Waals surface area contributed by atoms with Gasteiger partial charge in [0.2, 0.25) is 0 Å². The Balaban J connectivity index is 2.01. The molecule has 8 heteroatoms. The molecule has 0 unspecified atom stereocenters. The Labute approximate surface area is 102 Å². The van der Waals surface area contributed by atoms with Gasteiger partial charge in [0.25, 0.3) is 0 Å². The number of nitrogens with zero attached hydrogens (tertiary/aromatic N) is 3. The molecule has 1 fully saturated rings. The number of hydrogen-bond donors (Lipinski definition) is 2. The first-order chi connectivity index (χ1) is 8.50. The fourth-order valence-electron chi connectivity index (χ4n) is 2.01. The molecule has 2 heterocycles. The second-order valence-corrected chi connectivity index (χ2v) is 4.21. The average molecular weight is 261 g/mol. The third-order valence-electron chi connectivity index (χ3n) is 3.05. The molecular formula is C10H14F3N5. The van der Waals surface area contributed by atoms with Crippen LogP contribution in [-0.2, 0) is 0 Å². The smallest absolute Gasteiger partial charge is 0.355 e. The normalized spacial score (nSPS) is 17.9. The lowest BCUT2D eigenvalue weighted by atomic mass is 9.96. The summed E-state index contributed by atoms with van der Waals surface area (Å²) >= 11 is 0. The van der Waals surface area contributed by atoms with Crippen molar-refractivity contribution >= 4 is 11.6 Å². The van der Waals surface area contributed by atoms with Crippen molar-refractivity contribution < 1.29 is 13.2 Å². The maximum absolute atomic E-state index is 12.5. The van der Waals surface area contributed by atoms with Gasteiger partial charge in [-0.25, -0.2) is 10.8 Å². The molecule has 0 atom stereocenters. The Hall–Kier alpha value is -1.57. The highest BCUT2D eigenvalue weighted by molar-refractivity contribution is 5.43. The molecule has 3 N–H and O–H groups in total. The fraction of sp³-hybridized carbons (Fsp3) is 0.600. The first-order valence-corrected chi connectivity index (χ1v) is 5.61. The van der Waals surface area contributed by atoms with Crippen molar-refractivity contribution in [3.05, 3.63) is 12.4 Å². The Morgan fingerprint density at radius 3 is 2.50 bits per heavy atom. The lowest BCUT2D eigenvalue weighted by Gasteiger charge is -2.33. The summed E-state index contributed by atoms with van der Waals surface area (Å²) in [5.41, 5.74) is 2.36. The molecule has 1 aromatic heterocycles. The Morgan fingerprint density at radius 1 is 1.28 bits per heavy atom. The van der Waals surface area contributed by atoms with Gasteiger partial charge in [0, 0.05) is 13.1 Å². The summed E-state index contributed by atoms with van der Waals surface area (Å²) in [4.78, 5) is 9.87. The van der Waals surface area contributed by atoms with E-state index in [0.29, 0.717) is 24.7 Å². The molecule has 0 radical (unpaired) electrons. The van der Waals surface area contributed by atoms with E-state index in [-0.39, 0.29) is 12.8 Å². The van der Waals surface area contributed by atoms with E-state index in [1.165, 1.54) is 12.4 Å². The molecule has 0 amide bonds. The number of piperidine rings is 1. The number of halogens is 3. The van der Waals surface area contributed by atoms with Gasteiger partial charge in [-0.15, -0.1) is 0 Å². The van der Waals surface area contributed by atoms with Crippen molar-refractivity contribution in [3.63, 3.8) is 0 Å². The lowest BCUT2D eigenvalue weighted by molar-refractivity contribution is -0.179. The van der Waals surface area contributed by atoms with Crippen LogP contribution in [0.4, 0.5) is 24.8 Å². The second-order valence-electron chi connectivity index (χ2n) is 4.21. The van der Waals surface area contributed by atoms with Crippen molar-refractivity contribution in [3.8, 4) is 0 Å².